The van der Waals surface area contributed by atoms with Gasteiger partial charge in [0.15, 0.2) is 0 Å². The van der Waals surface area contributed by atoms with Crippen molar-refractivity contribution < 1.29 is 0 Å². The first-order valence-electron chi connectivity index (χ1n) is 8.61. The van der Waals surface area contributed by atoms with E-state index in [2.05, 4.69) is 24.0 Å². The number of hydrogen-bond acceptors (Lipinski definition) is 4. The highest BCUT2D eigenvalue weighted by atomic mass is 32.2. The molecule has 0 amide bonds. The molecule has 1 fully saturated rings. The van der Waals surface area contributed by atoms with Crippen LogP contribution in [0.2, 0.25) is 0 Å². The van der Waals surface area contributed by atoms with Crippen LogP contribution >= 0.6 is 11.8 Å². The molecule has 0 atom stereocenters. The lowest BCUT2D eigenvalue weighted by molar-refractivity contribution is 0.708. The van der Waals surface area contributed by atoms with Gasteiger partial charge in [0.05, 0.1) is 5.75 Å². The summed E-state index contributed by atoms with van der Waals surface area (Å²) in [6, 6.07) is 0. The number of aromatic nitrogens is 2. The molecule has 3 rings (SSSR count). The fourth-order valence-corrected chi connectivity index (χ4v) is 4.63. The molecule has 1 N–H and O–H groups in total. The first-order chi connectivity index (χ1) is 10.4. The van der Waals surface area contributed by atoms with Gasteiger partial charge < -0.3 is 5.32 Å². The molecule has 1 saturated carbocycles. The normalized spacial score (nSPS) is 19.3. The number of rotatable bonds is 5. The van der Waals surface area contributed by atoms with Crippen molar-refractivity contribution in [3.8, 4) is 0 Å². The summed E-state index contributed by atoms with van der Waals surface area (Å²) in [5, 5.41) is 4.31. The monoisotopic (exact) mass is 305 g/mol. The van der Waals surface area contributed by atoms with Crippen LogP contribution in [0.3, 0.4) is 0 Å². The molecule has 1 aromatic heterocycles. The highest BCUT2D eigenvalue weighted by molar-refractivity contribution is 7.99. The molecule has 0 radical (unpaired) electrons. The van der Waals surface area contributed by atoms with Crippen molar-refractivity contribution in [1.82, 2.24) is 9.97 Å². The van der Waals surface area contributed by atoms with Crippen LogP contribution in [0.1, 0.15) is 69.0 Å². The molecular formula is C17H27N3S. The van der Waals surface area contributed by atoms with E-state index in [9.17, 15) is 0 Å². The van der Waals surface area contributed by atoms with Crippen molar-refractivity contribution in [1.29, 1.82) is 0 Å². The summed E-state index contributed by atoms with van der Waals surface area (Å²) < 4.78 is 0. The molecule has 3 nitrogen and oxygen atoms in total. The maximum absolute atomic E-state index is 4.91. The van der Waals surface area contributed by atoms with Crippen molar-refractivity contribution in [3.63, 3.8) is 0 Å². The standard InChI is InChI=1S/C17H27N3S/c1-2-18-17-14-10-4-3-5-11-15(14)19-16(20-17)12-21-13-8-6-7-9-13/h13H,2-12H2,1H3,(H,18,19,20). The van der Waals surface area contributed by atoms with Gasteiger partial charge in [-0.25, -0.2) is 9.97 Å². The SMILES string of the molecule is CCNc1nc(CSC2CCCC2)nc2c1CCCCC2. The number of anilines is 1. The number of nitrogens with one attached hydrogen (secondary N) is 1. The van der Waals surface area contributed by atoms with Crippen molar-refractivity contribution >= 4 is 17.6 Å². The van der Waals surface area contributed by atoms with Gasteiger partial charge >= 0.3 is 0 Å². The van der Waals surface area contributed by atoms with Crippen LogP contribution in [0.4, 0.5) is 5.82 Å². The molecule has 1 heterocycles. The fraction of sp³-hybridized carbons (Fsp3) is 0.765. The van der Waals surface area contributed by atoms with Gasteiger partial charge in [0, 0.05) is 23.1 Å². The van der Waals surface area contributed by atoms with Gasteiger partial charge in [-0.2, -0.15) is 11.8 Å². The third-order valence-electron chi connectivity index (χ3n) is 4.57. The molecule has 2 aliphatic rings. The second kappa shape index (κ2) is 7.48. The van der Waals surface area contributed by atoms with Gasteiger partial charge in [-0.3, -0.25) is 0 Å². The molecule has 0 saturated heterocycles. The van der Waals surface area contributed by atoms with E-state index in [4.69, 9.17) is 9.97 Å². The number of fused-ring (bicyclic) bond motifs is 1. The topological polar surface area (TPSA) is 37.8 Å². The van der Waals surface area contributed by atoms with E-state index in [1.165, 1.54) is 56.2 Å². The molecular weight excluding hydrogens is 278 g/mol. The second-order valence-electron chi connectivity index (χ2n) is 6.22. The molecule has 0 bridgehead atoms. The predicted molar refractivity (Wildman–Crippen MR) is 91.0 cm³/mol. The average molecular weight is 305 g/mol. The lowest BCUT2D eigenvalue weighted by Gasteiger charge is -2.15. The third-order valence-corrected chi connectivity index (χ3v) is 5.94. The van der Waals surface area contributed by atoms with E-state index in [-0.39, 0.29) is 0 Å². The summed E-state index contributed by atoms with van der Waals surface area (Å²) >= 11 is 2.07. The maximum atomic E-state index is 4.91. The molecule has 0 unspecified atom stereocenters. The van der Waals surface area contributed by atoms with E-state index in [1.54, 1.807) is 0 Å². The summed E-state index contributed by atoms with van der Waals surface area (Å²) in [6.45, 7) is 3.09. The van der Waals surface area contributed by atoms with Gasteiger partial charge in [-0.15, -0.1) is 0 Å². The molecule has 1 aromatic rings. The third kappa shape index (κ3) is 3.91. The van der Waals surface area contributed by atoms with Crippen LogP contribution < -0.4 is 5.32 Å². The Labute approximate surface area is 132 Å². The zero-order valence-electron chi connectivity index (χ0n) is 13.2. The lowest BCUT2D eigenvalue weighted by Crippen LogP contribution is -2.11. The Morgan fingerprint density at radius 3 is 2.67 bits per heavy atom. The Morgan fingerprint density at radius 1 is 1.05 bits per heavy atom. The molecule has 21 heavy (non-hydrogen) atoms. The highest BCUT2D eigenvalue weighted by Crippen LogP contribution is 2.32. The summed E-state index contributed by atoms with van der Waals surface area (Å²) in [7, 11) is 0. The molecule has 0 aromatic carbocycles. The van der Waals surface area contributed by atoms with E-state index >= 15 is 0 Å². The van der Waals surface area contributed by atoms with Crippen molar-refractivity contribution in [2.75, 3.05) is 11.9 Å². The van der Waals surface area contributed by atoms with E-state index in [0.717, 1.165) is 42.0 Å². The Kier molecular flexibility index (Phi) is 5.39. The molecule has 0 aliphatic heterocycles. The minimum Gasteiger partial charge on any atom is -0.370 e. The van der Waals surface area contributed by atoms with Gasteiger partial charge in [0.2, 0.25) is 0 Å². The summed E-state index contributed by atoms with van der Waals surface area (Å²) in [5.74, 6) is 3.14. The van der Waals surface area contributed by atoms with Crippen LogP contribution in [0.5, 0.6) is 0 Å². The quantitative estimate of drug-likeness (QED) is 0.821. The second-order valence-corrected chi connectivity index (χ2v) is 7.51. The maximum Gasteiger partial charge on any atom is 0.140 e. The van der Waals surface area contributed by atoms with Crippen LogP contribution in [0, 0.1) is 0 Å². The fourth-order valence-electron chi connectivity index (χ4n) is 3.45. The van der Waals surface area contributed by atoms with Gasteiger partial charge in [0.25, 0.3) is 0 Å². The van der Waals surface area contributed by atoms with E-state index in [1.807, 2.05) is 0 Å². The van der Waals surface area contributed by atoms with Crippen molar-refractivity contribution in [2.45, 2.75) is 75.7 Å². The minimum atomic E-state index is 0.843. The van der Waals surface area contributed by atoms with Gasteiger partial charge in [-0.05, 0) is 45.4 Å². The number of hydrogen-bond donors (Lipinski definition) is 1. The van der Waals surface area contributed by atoms with Gasteiger partial charge in [0.1, 0.15) is 11.6 Å². The first kappa shape index (κ1) is 15.1. The summed E-state index contributed by atoms with van der Waals surface area (Å²) in [6.07, 6.45) is 11.8. The molecule has 4 heteroatoms. The van der Waals surface area contributed by atoms with Gasteiger partial charge in [-0.1, -0.05) is 19.3 Å². The van der Waals surface area contributed by atoms with Crippen LogP contribution in [-0.2, 0) is 18.6 Å². The zero-order chi connectivity index (χ0) is 14.5. The van der Waals surface area contributed by atoms with Crippen LogP contribution in [-0.4, -0.2) is 21.8 Å². The van der Waals surface area contributed by atoms with Crippen molar-refractivity contribution in [2.24, 2.45) is 0 Å². The number of nitrogens with zero attached hydrogens (tertiary/aromatic N) is 2. The van der Waals surface area contributed by atoms with Crippen LogP contribution in [0.25, 0.3) is 0 Å². The smallest absolute Gasteiger partial charge is 0.140 e. The average Bonchev–Trinajstić information content (AvgIpc) is 2.89. The summed E-state index contributed by atoms with van der Waals surface area (Å²) in [5.41, 5.74) is 2.71. The molecule has 2 aliphatic carbocycles. The number of thioether (sulfide) groups is 1. The first-order valence-corrected chi connectivity index (χ1v) is 9.66. The summed E-state index contributed by atoms with van der Waals surface area (Å²) in [4.78, 5) is 9.74. The number of aryl methyl sites for hydroxylation is 1. The Bertz CT molecular complexity index is 469. The van der Waals surface area contributed by atoms with Crippen LogP contribution in [0.15, 0.2) is 0 Å². The lowest BCUT2D eigenvalue weighted by atomic mass is 10.1. The predicted octanol–water partition coefficient (Wildman–Crippen LogP) is 4.35. The zero-order valence-corrected chi connectivity index (χ0v) is 14.0. The Balaban J connectivity index is 1.76. The Hall–Kier alpha value is -0.770. The molecule has 116 valence electrons. The van der Waals surface area contributed by atoms with E-state index < -0.39 is 0 Å². The largest absolute Gasteiger partial charge is 0.370 e. The Morgan fingerprint density at radius 2 is 1.86 bits per heavy atom. The van der Waals surface area contributed by atoms with Crippen molar-refractivity contribution in [3.05, 3.63) is 17.1 Å². The van der Waals surface area contributed by atoms with E-state index in [0.29, 0.717) is 0 Å². The minimum absolute atomic E-state index is 0.843. The molecule has 0 spiro atoms. The highest BCUT2D eigenvalue weighted by Gasteiger charge is 2.19.